The molecule has 5 heteroatoms. The predicted octanol–water partition coefficient (Wildman–Crippen LogP) is 2.59. The number of aryl methyl sites for hydroxylation is 1. The normalized spacial score (nSPS) is 13.6. The zero-order chi connectivity index (χ0) is 12.1. The fourth-order valence-electron chi connectivity index (χ4n) is 1.42. The van der Waals surface area contributed by atoms with Gasteiger partial charge in [0.2, 0.25) is 0 Å². The topological polar surface area (TPSA) is 70.6 Å². The van der Waals surface area contributed by atoms with Gasteiger partial charge in [0, 0.05) is 12.5 Å². The van der Waals surface area contributed by atoms with Gasteiger partial charge in [0.15, 0.2) is 0 Å². The molecule has 0 heterocycles. The van der Waals surface area contributed by atoms with Gasteiger partial charge in [-0.25, -0.2) is 0 Å². The minimum Gasteiger partial charge on any atom is -0.409 e. The molecule has 1 unspecified atom stereocenters. The minimum absolute atomic E-state index is 0.0511. The standard InChI is InChI=1S/C11H16ClN3O/c1-7-3-4-9(12)10(5-7)14-8(2)6-11(13)15-16/h3-5,8,14,16H,6H2,1-2H3,(H2,13,15). The van der Waals surface area contributed by atoms with Crippen LogP contribution < -0.4 is 11.1 Å². The number of hydrogen-bond donors (Lipinski definition) is 3. The summed E-state index contributed by atoms with van der Waals surface area (Å²) in [6.07, 6.45) is 0.459. The number of nitrogens with one attached hydrogen (secondary N) is 1. The Bertz CT molecular complexity index is 393. The van der Waals surface area contributed by atoms with E-state index in [-0.39, 0.29) is 11.9 Å². The van der Waals surface area contributed by atoms with Gasteiger partial charge in [-0.05, 0) is 31.5 Å². The summed E-state index contributed by atoms with van der Waals surface area (Å²) < 4.78 is 0. The predicted molar refractivity (Wildman–Crippen MR) is 67.3 cm³/mol. The third-order valence-corrected chi connectivity index (χ3v) is 2.50. The molecule has 0 saturated heterocycles. The molecule has 1 aromatic carbocycles. The quantitative estimate of drug-likeness (QED) is 0.328. The number of rotatable bonds is 4. The van der Waals surface area contributed by atoms with Crippen molar-refractivity contribution in [1.29, 1.82) is 0 Å². The van der Waals surface area contributed by atoms with E-state index in [1.165, 1.54) is 0 Å². The highest BCUT2D eigenvalue weighted by Crippen LogP contribution is 2.23. The first-order chi connectivity index (χ1) is 7.52. The Balaban J connectivity index is 2.69. The van der Waals surface area contributed by atoms with Crippen LogP contribution in [0, 0.1) is 6.92 Å². The van der Waals surface area contributed by atoms with E-state index in [2.05, 4.69) is 10.5 Å². The molecule has 1 atom stereocenters. The number of hydrogen-bond acceptors (Lipinski definition) is 3. The van der Waals surface area contributed by atoms with Crippen LogP contribution in [-0.4, -0.2) is 17.1 Å². The van der Waals surface area contributed by atoms with Gasteiger partial charge < -0.3 is 16.3 Å². The van der Waals surface area contributed by atoms with Gasteiger partial charge in [-0.1, -0.05) is 22.8 Å². The summed E-state index contributed by atoms with van der Waals surface area (Å²) in [7, 11) is 0. The van der Waals surface area contributed by atoms with Crippen LogP contribution in [-0.2, 0) is 0 Å². The van der Waals surface area contributed by atoms with E-state index < -0.39 is 0 Å². The van der Waals surface area contributed by atoms with Crippen LogP contribution in [0.25, 0.3) is 0 Å². The summed E-state index contributed by atoms with van der Waals surface area (Å²) >= 11 is 6.04. The summed E-state index contributed by atoms with van der Waals surface area (Å²) in [5.74, 6) is 0.198. The molecule has 0 amide bonds. The van der Waals surface area contributed by atoms with Crippen molar-refractivity contribution in [2.24, 2.45) is 10.9 Å². The summed E-state index contributed by atoms with van der Waals surface area (Å²) in [4.78, 5) is 0. The van der Waals surface area contributed by atoms with Crippen molar-refractivity contribution in [3.05, 3.63) is 28.8 Å². The van der Waals surface area contributed by atoms with Crippen LogP contribution in [0.1, 0.15) is 18.9 Å². The van der Waals surface area contributed by atoms with Crippen molar-refractivity contribution in [2.75, 3.05) is 5.32 Å². The second kappa shape index (κ2) is 5.61. The molecule has 1 aromatic rings. The lowest BCUT2D eigenvalue weighted by atomic mass is 10.2. The first kappa shape index (κ1) is 12.6. The fourth-order valence-corrected chi connectivity index (χ4v) is 1.59. The summed E-state index contributed by atoms with van der Waals surface area (Å²) in [6, 6.07) is 5.80. The highest BCUT2D eigenvalue weighted by Gasteiger charge is 2.07. The smallest absolute Gasteiger partial charge is 0.141 e. The van der Waals surface area contributed by atoms with Crippen LogP contribution >= 0.6 is 11.6 Å². The van der Waals surface area contributed by atoms with Crippen LogP contribution in [0.4, 0.5) is 5.69 Å². The second-order valence-corrected chi connectivity index (χ2v) is 4.23. The zero-order valence-corrected chi connectivity index (χ0v) is 10.1. The lowest BCUT2D eigenvalue weighted by Crippen LogP contribution is -2.24. The maximum atomic E-state index is 8.46. The highest BCUT2D eigenvalue weighted by molar-refractivity contribution is 6.33. The number of oxime groups is 1. The fraction of sp³-hybridized carbons (Fsp3) is 0.364. The summed E-state index contributed by atoms with van der Waals surface area (Å²) in [5, 5.41) is 15.3. The Hall–Kier alpha value is -1.42. The number of amidine groups is 1. The van der Waals surface area contributed by atoms with Gasteiger partial charge >= 0.3 is 0 Å². The van der Waals surface area contributed by atoms with Crippen molar-refractivity contribution in [1.82, 2.24) is 0 Å². The van der Waals surface area contributed by atoms with Gasteiger partial charge in [0.05, 0.1) is 10.7 Å². The van der Waals surface area contributed by atoms with E-state index in [4.69, 9.17) is 22.5 Å². The van der Waals surface area contributed by atoms with Gasteiger partial charge in [0.1, 0.15) is 5.84 Å². The lowest BCUT2D eigenvalue weighted by Gasteiger charge is -2.16. The van der Waals surface area contributed by atoms with Gasteiger partial charge in [0.25, 0.3) is 0 Å². The van der Waals surface area contributed by atoms with Crippen molar-refractivity contribution in [2.45, 2.75) is 26.3 Å². The number of nitrogens with two attached hydrogens (primary N) is 1. The number of anilines is 1. The Kier molecular flexibility index (Phi) is 4.43. The molecule has 0 aliphatic rings. The molecule has 1 rings (SSSR count). The molecular formula is C11H16ClN3O. The number of halogens is 1. The zero-order valence-electron chi connectivity index (χ0n) is 9.37. The molecule has 4 N–H and O–H groups in total. The summed E-state index contributed by atoms with van der Waals surface area (Å²) in [6.45, 7) is 3.94. The van der Waals surface area contributed by atoms with E-state index in [9.17, 15) is 0 Å². The van der Waals surface area contributed by atoms with Crippen LogP contribution in [0.5, 0.6) is 0 Å². The van der Waals surface area contributed by atoms with Crippen LogP contribution in [0.3, 0.4) is 0 Å². The molecule has 16 heavy (non-hydrogen) atoms. The molecule has 0 radical (unpaired) electrons. The molecule has 0 aliphatic carbocycles. The molecule has 0 bridgehead atoms. The van der Waals surface area contributed by atoms with E-state index in [1.807, 2.05) is 32.0 Å². The molecule has 4 nitrogen and oxygen atoms in total. The molecule has 0 aromatic heterocycles. The lowest BCUT2D eigenvalue weighted by molar-refractivity contribution is 0.316. The molecule has 0 saturated carbocycles. The van der Waals surface area contributed by atoms with Crippen LogP contribution in [0.15, 0.2) is 23.4 Å². The Morgan fingerprint density at radius 1 is 1.62 bits per heavy atom. The van der Waals surface area contributed by atoms with E-state index in [0.29, 0.717) is 11.4 Å². The highest BCUT2D eigenvalue weighted by atomic mass is 35.5. The molecule has 0 spiro atoms. The van der Waals surface area contributed by atoms with E-state index >= 15 is 0 Å². The second-order valence-electron chi connectivity index (χ2n) is 3.82. The third kappa shape index (κ3) is 3.62. The number of nitrogens with zero attached hydrogens (tertiary/aromatic N) is 1. The minimum atomic E-state index is 0.0511. The first-order valence-corrected chi connectivity index (χ1v) is 5.40. The average molecular weight is 242 g/mol. The maximum absolute atomic E-state index is 8.46. The van der Waals surface area contributed by atoms with Gasteiger partial charge in [-0.3, -0.25) is 0 Å². The SMILES string of the molecule is Cc1ccc(Cl)c(NC(C)C/C(N)=N/O)c1. The van der Waals surface area contributed by atoms with Crippen molar-refractivity contribution in [3.8, 4) is 0 Å². The largest absolute Gasteiger partial charge is 0.409 e. The Labute approximate surface area is 100 Å². The van der Waals surface area contributed by atoms with Gasteiger partial charge in [-0.15, -0.1) is 0 Å². The molecule has 88 valence electrons. The van der Waals surface area contributed by atoms with Crippen LogP contribution in [0.2, 0.25) is 5.02 Å². The molecule has 0 fully saturated rings. The maximum Gasteiger partial charge on any atom is 0.141 e. The third-order valence-electron chi connectivity index (χ3n) is 2.17. The molecular weight excluding hydrogens is 226 g/mol. The van der Waals surface area contributed by atoms with E-state index in [1.54, 1.807) is 0 Å². The average Bonchev–Trinajstić information content (AvgIpc) is 2.23. The monoisotopic (exact) mass is 241 g/mol. The number of benzene rings is 1. The Morgan fingerprint density at radius 3 is 2.94 bits per heavy atom. The molecule has 0 aliphatic heterocycles. The van der Waals surface area contributed by atoms with Crippen molar-refractivity contribution in [3.63, 3.8) is 0 Å². The van der Waals surface area contributed by atoms with E-state index in [0.717, 1.165) is 11.3 Å². The first-order valence-electron chi connectivity index (χ1n) is 5.02. The summed E-state index contributed by atoms with van der Waals surface area (Å²) in [5.41, 5.74) is 7.41. The van der Waals surface area contributed by atoms with Crippen molar-refractivity contribution >= 4 is 23.1 Å². The van der Waals surface area contributed by atoms with Gasteiger partial charge in [-0.2, -0.15) is 0 Å². The van der Waals surface area contributed by atoms with Crippen molar-refractivity contribution < 1.29 is 5.21 Å². The Morgan fingerprint density at radius 2 is 2.31 bits per heavy atom.